The first-order valence-corrected chi connectivity index (χ1v) is 6.23. The Labute approximate surface area is 114 Å². The topological polar surface area (TPSA) is 3.24 Å². The summed E-state index contributed by atoms with van der Waals surface area (Å²) in [7, 11) is 0. The molecule has 0 atom stereocenters. The van der Waals surface area contributed by atoms with E-state index in [4.69, 9.17) is 23.2 Å². The summed E-state index contributed by atoms with van der Waals surface area (Å²) in [5.74, 6) is 1.31. The Hall–Kier alpha value is 0.0500. The fourth-order valence-corrected chi connectivity index (χ4v) is 1.94. The molecule has 0 aliphatic heterocycles. The van der Waals surface area contributed by atoms with Gasteiger partial charge in [-0.1, -0.05) is 29.8 Å². The monoisotopic (exact) mass is 280 g/mol. The summed E-state index contributed by atoms with van der Waals surface area (Å²) < 4.78 is 0. The van der Waals surface area contributed by atoms with Crippen molar-refractivity contribution in [3.63, 3.8) is 0 Å². The highest BCUT2D eigenvalue weighted by atomic mass is 35.5. The lowest BCUT2D eigenvalue weighted by Gasteiger charge is -2.19. The summed E-state index contributed by atoms with van der Waals surface area (Å²) in [4.78, 5) is 2.27. The van der Waals surface area contributed by atoms with Crippen LogP contribution in [0.15, 0.2) is 24.3 Å². The molecule has 0 aliphatic carbocycles. The number of benzene rings is 1. The van der Waals surface area contributed by atoms with Gasteiger partial charge >= 0.3 is 0 Å². The number of alkyl halides is 2. The number of hydrogen-bond donors (Lipinski definition) is 0. The Morgan fingerprint density at radius 1 is 1.00 bits per heavy atom. The predicted octanol–water partition coefficient (Wildman–Crippen LogP) is 0.279. The molecule has 1 aromatic rings. The molecule has 4 heteroatoms. The standard InChI is InChI=1S/C12H17Cl2N.ClH/c1-11-2-4-12(5-3-11)10-15(8-6-13)9-7-14;/h2-5H,6-10H2,1H3;1H/p-1. The minimum Gasteiger partial charge on any atom is -1.00 e. The van der Waals surface area contributed by atoms with E-state index in [1.807, 2.05) is 0 Å². The van der Waals surface area contributed by atoms with Gasteiger partial charge in [-0.25, -0.2) is 0 Å². The second kappa shape index (κ2) is 9.12. The second-order valence-electron chi connectivity index (χ2n) is 3.64. The molecule has 0 unspecified atom stereocenters. The zero-order valence-corrected chi connectivity index (χ0v) is 11.7. The van der Waals surface area contributed by atoms with Crippen LogP contribution in [0, 0.1) is 6.92 Å². The highest BCUT2D eigenvalue weighted by molar-refractivity contribution is 6.18. The van der Waals surface area contributed by atoms with E-state index in [1.54, 1.807) is 0 Å². The molecular weight excluding hydrogens is 264 g/mol. The van der Waals surface area contributed by atoms with Crippen LogP contribution in [-0.4, -0.2) is 29.7 Å². The van der Waals surface area contributed by atoms with Gasteiger partial charge < -0.3 is 12.4 Å². The maximum atomic E-state index is 5.74. The molecule has 1 aromatic carbocycles. The van der Waals surface area contributed by atoms with E-state index in [1.165, 1.54) is 11.1 Å². The van der Waals surface area contributed by atoms with Crippen LogP contribution in [0.3, 0.4) is 0 Å². The van der Waals surface area contributed by atoms with Crippen LogP contribution in [-0.2, 0) is 6.54 Å². The van der Waals surface area contributed by atoms with E-state index in [2.05, 4.69) is 36.1 Å². The first kappa shape index (κ1) is 16.1. The largest absolute Gasteiger partial charge is 1.00 e. The number of hydrogen-bond acceptors (Lipinski definition) is 1. The van der Waals surface area contributed by atoms with Crippen LogP contribution in [0.25, 0.3) is 0 Å². The first-order chi connectivity index (χ1) is 7.26. The van der Waals surface area contributed by atoms with E-state index < -0.39 is 0 Å². The average molecular weight is 282 g/mol. The molecule has 0 heterocycles. The van der Waals surface area contributed by atoms with Gasteiger partial charge in [0.05, 0.1) is 0 Å². The smallest absolute Gasteiger partial charge is 0.0351 e. The zero-order valence-electron chi connectivity index (χ0n) is 9.43. The van der Waals surface area contributed by atoms with Gasteiger partial charge in [-0.15, -0.1) is 23.2 Å². The third-order valence-electron chi connectivity index (χ3n) is 2.33. The quantitative estimate of drug-likeness (QED) is 0.677. The number of rotatable bonds is 6. The maximum Gasteiger partial charge on any atom is 0.0351 e. The molecule has 1 rings (SSSR count). The number of aryl methyl sites for hydroxylation is 1. The van der Waals surface area contributed by atoms with Crippen molar-refractivity contribution >= 4 is 23.2 Å². The van der Waals surface area contributed by atoms with Crippen molar-refractivity contribution in [3.05, 3.63) is 35.4 Å². The SMILES string of the molecule is Cc1ccc(CN(CCCl)CCCl)cc1.[Cl-]. The van der Waals surface area contributed by atoms with Gasteiger partial charge in [-0.3, -0.25) is 4.90 Å². The van der Waals surface area contributed by atoms with Crippen LogP contribution in [0.1, 0.15) is 11.1 Å². The van der Waals surface area contributed by atoms with Gasteiger partial charge in [0.2, 0.25) is 0 Å². The summed E-state index contributed by atoms with van der Waals surface area (Å²) in [5.41, 5.74) is 2.61. The number of halogens is 3. The number of nitrogens with zero attached hydrogens (tertiary/aromatic N) is 1. The Kier molecular flexibility index (Phi) is 9.15. The minimum absolute atomic E-state index is 0. The third kappa shape index (κ3) is 5.95. The van der Waals surface area contributed by atoms with Crippen molar-refractivity contribution in [2.75, 3.05) is 24.8 Å². The molecule has 0 saturated carbocycles. The molecule has 1 nitrogen and oxygen atoms in total. The van der Waals surface area contributed by atoms with Gasteiger partial charge in [-0.05, 0) is 12.5 Å². The van der Waals surface area contributed by atoms with E-state index in [-0.39, 0.29) is 12.4 Å². The Morgan fingerprint density at radius 2 is 1.50 bits per heavy atom. The molecule has 16 heavy (non-hydrogen) atoms. The van der Waals surface area contributed by atoms with Crippen LogP contribution in [0.2, 0.25) is 0 Å². The van der Waals surface area contributed by atoms with Gasteiger partial charge in [-0.2, -0.15) is 0 Å². The maximum absolute atomic E-state index is 5.74. The normalized spacial score (nSPS) is 10.2. The summed E-state index contributed by atoms with van der Waals surface area (Å²) in [6.45, 7) is 4.81. The fourth-order valence-electron chi connectivity index (χ4n) is 1.46. The zero-order chi connectivity index (χ0) is 11.1. The molecule has 92 valence electrons. The van der Waals surface area contributed by atoms with Crippen molar-refractivity contribution in [2.24, 2.45) is 0 Å². The van der Waals surface area contributed by atoms with E-state index in [9.17, 15) is 0 Å². The lowest BCUT2D eigenvalue weighted by Crippen LogP contribution is -3.00. The Balaban J connectivity index is 0.00000225. The molecule has 0 radical (unpaired) electrons. The van der Waals surface area contributed by atoms with Crippen LogP contribution in [0.4, 0.5) is 0 Å². The van der Waals surface area contributed by atoms with Gasteiger partial charge in [0.25, 0.3) is 0 Å². The second-order valence-corrected chi connectivity index (χ2v) is 4.40. The van der Waals surface area contributed by atoms with Crippen LogP contribution >= 0.6 is 23.2 Å². The molecule has 0 fully saturated rings. The fraction of sp³-hybridized carbons (Fsp3) is 0.500. The molecule has 0 amide bonds. The van der Waals surface area contributed by atoms with Crippen molar-refractivity contribution < 1.29 is 12.4 Å². The third-order valence-corrected chi connectivity index (χ3v) is 2.67. The highest BCUT2D eigenvalue weighted by Crippen LogP contribution is 2.07. The Bertz CT molecular complexity index is 268. The summed E-state index contributed by atoms with van der Waals surface area (Å²) in [6, 6.07) is 8.58. The predicted molar refractivity (Wildman–Crippen MR) is 67.9 cm³/mol. The lowest BCUT2D eigenvalue weighted by molar-refractivity contribution is -0.00000306. The summed E-state index contributed by atoms with van der Waals surface area (Å²) >= 11 is 11.5. The van der Waals surface area contributed by atoms with E-state index in [0.717, 1.165) is 19.6 Å². The molecule has 0 saturated heterocycles. The Morgan fingerprint density at radius 3 is 1.94 bits per heavy atom. The van der Waals surface area contributed by atoms with Crippen LogP contribution in [0.5, 0.6) is 0 Å². The molecule has 0 N–H and O–H groups in total. The van der Waals surface area contributed by atoms with Gasteiger partial charge in [0.15, 0.2) is 0 Å². The average Bonchev–Trinajstić information content (AvgIpc) is 2.22. The van der Waals surface area contributed by atoms with E-state index >= 15 is 0 Å². The lowest BCUT2D eigenvalue weighted by atomic mass is 10.1. The van der Waals surface area contributed by atoms with Crippen molar-refractivity contribution in [1.82, 2.24) is 4.90 Å². The van der Waals surface area contributed by atoms with Crippen LogP contribution < -0.4 is 12.4 Å². The molecule has 0 aromatic heterocycles. The van der Waals surface area contributed by atoms with Crippen molar-refractivity contribution in [2.45, 2.75) is 13.5 Å². The van der Waals surface area contributed by atoms with Gasteiger partial charge in [0.1, 0.15) is 0 Å². The minimum atomic E-state index is 0. The molecule has 0 spiro atoms. The van der Waals surface area contributed by atoms with E-state index in [0.29, 0.717) is 11.8 Å². The molecule has 0 aliphatic rings. The molecular formula is C12H17Cl3N-. The summed E-state index contributed by atoms with van der Waals surface area (Å²) in [6.07, 6.45) is 0. The first-order valence-electron chi connectivity index (χ1n) is 5.16. The highest BCUT2D eigenvalue weighted by Gasteiger charge is 2.04. The summed E-state index contributed by atoms with van der Waals surface area (Å²) in [5, 5.41) is 0. The molecule has 0 bridgehead atoms. The van der Waals surface area contributed by atoms with Gasteiger partial charge in [0, 0.05) is 31.4 Å². The van der Waals surface area contributed by atoms with Crippen molar-refractivity contribution in [3.8, 4) is 0 Å². The van der Waals surface area contributed by atoms with Crippen molar-refractivity contribution in [1.29, 1.82) is 0 Å².